The largest absolute Gasteiger partial charge is 0.462 e. The molecule has 2 heterocycles. The van der Waals surface area contributed by atoms with Crippen molar-refractivity contribution in [3.63, 3.8) is 0 Å². The molecule has 0 saturated heterocycles. The van der Waals surface area contributed by atoms with Gasteiger partial charge >= 0.3 is 5.97 Å². The summed E-state index contributed by atoms with van der Waals surface area (Å²) in [6.45, 7) is 2.66. The molecule has 2 aromatic carbocycles. The number of nitrogens with zero attached hydrogens (tertiary/aromatic N) is 3. The lowest BCUT2D eigenvalue weighted by atomic mass is 10.1. The highest BCUT2D eigenvalue weighted by Gasteiger charge is 2.10. The van der Waals surface area contributed by atoms with Crippen LogP contribution in [0.3, 0.4) is 0 Å². The number of esters is 1. The highest BCUT2D eigenvalue weighted by atomic mass is 32.2. The Balaban J connectivity index is 1.45. The third kappa shape index (κ3) is 5.21. The van der Waals surface area contributed by atoms with Crippen molar-refractivity contribution in [1.29, 1.82) is 0 Å². The van der Waals surface area contributed by atoms with Gasteiger partial charge in [0.15, 0.2) is 5.82 Å². The maximum Gasteiger partial charge on any atom is 0.338 e. The van der Waals surface area contributed by atoms with Crippen LogP contribution in [0.25, 0.3) is 5.52 Å². The zero-order chi connectivity index (χ0) is 21.6. The molecule has 0 radical (unpaired) electrons. The van der Waals surface area contributed by atoms with E-state index in [0.29, 0.717) is 35.4 Å². The van der Waals surface area contributed by atoms with E-state index in [1.54, 1.807) is 35.7 Å². The summed E-state index contributed by atoms with van der Waals surface area (Å²) < 4.78 is 19.9. The van der Waals surface area contributed by atoms with Crippen molar-refractivity contribution in [1.82, 2.24) is 14.6 Å². The van der Waals surface area contributed by atoms with Gasteiger partial charge in [-0.15, -0.1) is 5.10 Å². The number of halogens is 1. The number of thioether (sulfide) groups is 1. The normalized spacial score (nSPS) is 10.9. The topological polar surface area (TPSA) is 68.5 Å². The average molecular weight is 437 g/mol. The number of hydrogen-bond acceptors (Lipinski definition) is 6. The molecule has 0 spiro atoms. The lowest BCUT2D eigenvalue weighted by Gasteiger charge is -2.10. The highest BCUT2D eigenvalue weighted by Crippen LogP contribution is 2.24. The van der Waals surface area contributed by atoms with Crippen LogP contribution in [0.15, 0.2) is 72.0 Å². The molecule has 158 valence electrons. The Morgan fingerprint density at radius 1 is 1.10 bits per heavy atom. The number of fused-ring (bicyclic) bond motifs is 1. The van der Waals surface area contributed by atoms with Crippen molar-refractivity contribution in [3.8, 4) is 0 Å². The third-order valence-electron chi connectivity index (χ3n) is 4.58. The lowest BCUT2D eigenvalue weighted by molar-refractivity contribution is 0.0526. The molecular weight excluding hydrogens is 415 g/mol. The van der Waals surface area contributed by atoms with Gasteiger partial charge in [-0.05, 0) is 54.4 Å². The number of hydrogen-bond donors (Lipinski definition) is 1. The summed E-state index contributed by atoms with van der Waals surface area (Å²) in [7, 11) is 0. The van der Waals surface area contributed by atoms with Crippen molar-refractivity contribution in [2.45, 2.75) is 24.4 Å². The smallest absolute Gasteiger partial charge is 0.338 e. The van der Waals surface area contributed by atoms with E-state index >= 15 is 0 Å². The van der Waals surface area contributed by atoms with E-state index in [0.717, 1.165) is 16.6 Å². The molecule has 0 aliphatic heterocycles. The number of carbonyl (C=O) groups excluding carboxylic acids is 1. The summed E-state index contributed by atoms with van der Waals surface area (Å²) in [5, 5.41) is 8.50. The quantitative estimate of drug-likeness (QED) is 0.311. The van der Waals surface area contributed by atoms with E-state index in [4.69, 9.17) is 4.74 Å². The van der Waals surface area contributed by atoms with Crippen molar-refractivity contribution >= 4 is 29.1 Å². The second-order valence-corrected chi connectivity index (χ2v) is 7.71. The van der Waals surface area contributed by atoms with Crippen molar-refractivity contribution in [3.05, 3.63) is 89.4 Å². The molecule has 0 amide bonds. The van der Waals surface area contributed by atoms with Crippen LogP contribution in [0.4, 0.5) is 10.2 Å². The third-order valence-corrected chi connectivity index (χ3v) is 5.49. The number of carbonyl (C=O) groups is 1. The minimum absolute atomic E-state index is 0.256. The Hall–Kier alpha value is -3.39. The zero-order valence-electron chi connectivity index (χ0n) is 16.9. The summed E-state index contributed by atoms with van der Waals surface area (Å²) >= 11 is 1.51. The minimum atomic E-state index is -0.319. The molecule has 2 aromatic heterocycles. The molecule has 0 aliphatic rings. The first-order chi connectivity index (χ1) is 15.1. The van der Waals surface area contributed by atoms with Gasteiger partial charge in [-0.3, -0.25) is 0 Å². The Labute approximate surface area is 183 Å². The maximum absolute atomic E-state index is 13.1. The first-order valence-corrected chi connectivity index (χ1v) is 10.8. The fourth-order valence-electron chi connectivity index (χ4n) is 2.99. The molecule has 0 saturated carbocycles. The van der Waals surface area contributed by atoms with Crippen LogP contribution in [0, 0.1) is 5.82 Å². The predicted molar refractivity (Wildman–Crippen MR) is 119 cm³/mol. The maximum atomic E-state index is 13.1. The first-order valence-electron chi connectivity index (χ1n) is 9.85. The molecule has 1 N–H and O–H groups in total. The van der Waals surface area contributed by atoms with Gasteiger partial charge in [0.2, 0.25) is 5.16 Å². The fraction of sp³-hybridized carbons (Fsp3) is 0.174. The molecule has 6 nitrogen and oxygen atoms in total. The molecule has 0 unspecified atom stereocenters. The second-order valence-electron chi connectivity index (χ2n) is 6.77. The van der Waals surface area contributed by atoms with E-state index in [2.05, 4.69) is 15.4 Å². The highest BCUT2D eigenvalue weighted by molar-refractivity contribution is 7.98. The SMILES string of the molecule is CCOC(=O)c1ccc(CSc2nc(NCc3ccc(F)cc3)c3cccn3n2)cc1. The molecule has 31 heavy (non-hydrogen) atoms. The van der Waals surface area contributed by atoms with Gasteiger partial charge in [0.25, 0.3) is 0 Å². The van der Waals surface area contributed by atoms with Gasteiger partial charge in [-0.2, -0.15) is 0 Å². The predicted octanol–water partition coefficient (Wildman–Crippen LogP) is 4.95. The number of rotatable bonds is 8. The zero-order valence-corrected chi connectivity index (χ0v) is 17.7. The van der Waals surface area contributed by atoms with Crippen LogP contribution in [0.5, 0.6) is 0 Å². The van der Waals surface area contributed by atoms with Gasteiger partial charge in [0, 0.05) is 18.5 Å². The van der Waals surface area contributed by atoms with Crippen LogP contribution >= 0.6 is 11.8 Å². The molecule has 8 heteroatoms. The Morgan fingerprint density at radius 3 is 2.58 bits per heavy atom. The molecule has 0 aliphatic carbocycles. The van der Waals surface area contributed by atoms with Gasteiger partial charge < -0.3 is 10.1 Å². The fourth-order valence-corrected chi connectivity index (χ4v) is 3.78. The van der Waals surface area contributed by atoms with Gasteiger partial charge in [-0.1, -0.05) is 36.0 Å². The standard InChI is InChI=1S/C23H21FN4O2S/c1-2-30-22(29)18-9-5-17(6-10-18)15-31-23-26-21(20-4-3-13-28(20)27-23)25-14-16-7-11-19(24)12-8-16/h3-13H,2,14-15H2,1H3,(H,25,26,27). The monoisotopic (exact) mass is 436 g/mol. The number of anilines is 1. The molecular formula is C23H21FN4O2S. The molecule has 0 atom stereocenters. The van der Waals surface area contributed by atoms with Gasteiger partial charge in [0.1, 0.15) is 11.3 Å². The molecule has 0 fully saturated rings. The van der Waals surface area contributed by atoms with Crippen molar-refractivity contribution < 1.29 is 13.9 Å². The molecule has 4 rings (SSSR count). The summed E-state index contributed by atoms with van der Waals surface area (Å²) in [6, 6.07) is 17.6. The summed E-state index contributed by atoms with van der Waals surface area (Å²) in [5.74, 6) is 0.797. The Bertz CT molecular complexity index is 1180. The van der Waals surface area contributed by atoms with Crippen LogP contribution < -0.4 is 5.32 Å². The summed E-state index contributed by atoms with van der Waals surface area (Å²) in [6.07, 6.45) is 1.87. The van der Waals surface area contributed by atoms with E-state index in [1.807, 2.05) is 30.5 Å². The lowest BCUT2D eigenvalue weighted by Crippen LogP contribution is -2.06. The van der Waals surface area contributed by atoms with Crippen LogP contribution in [0.2, 0.25) is 0 Å². The van der Waals surface area contributed by atoms with E-state index in [1.165, 1.54) is 23.9 Å². The van der Waals surface area contributed by atoms with E-state index < -0.39 is 0 Å². The van der Waals surface area contributed by atoms with E-state index in [9.17, 15) is 9.18 Å². The number of nitrogens with one attached hydrogen (secondary N) is 1. The molecule has 0 bridgehead atoms. The van der Waals surface area contributed by atoms with E-state index in [-0.39, 0.29) is 11.8 Å². The summed E-state index contributed by atoms with van der Waals surface area (Å²) in [5.41, 5.74) is 3.41. The number of benzene rings is 2. The number of ether oxygens (including phenoxy) is 1. The first kappa shape index (κ1) is 20.9. The molecule has 4 aromatic rings. The Kier molecular flexibility index (Phi) is 6.47. The van der Waals surface area contributed by atoms with Crippen LogP contribution in [0.1, 0.15) is 28.4 Å². The van der Waals surface area contributed by atoms with Crippen LogP contribution in [-0.4, -0.2) is 27.2 Å². The Morgan fingerprint density at radius 2 is 1.84 bits per heavy atom. The van der Waals surface area contributed by atoms with Gasteiger partial charge in [0.05, 0.1) is 12.2 Å². The van der Waals surface area contributed by atoms with Crippen LogP contribution in [-0.2, 0) is 17.0 Å². The minimum Gasteiger partial charge on any atom is -0.462 e. The summed E-state index contributed by atoms with van der Waals surface area (Å²) in [4.78, 5) is 16.4. The van der Waals surface area contributed by atoms with Crippen molar-refractivity contribution in [2.75, 3.05) is 11.9 Å². The van der Waals surface area contributed by atoms with Crippen molar-refractivity contribution in [2.24, 2.45) is 0 Å². The second kappa shape index (κ2) is 9.61. The van der Waals surface area contributed by atoms with Gasteiger partial charge in [-0.25, -0.2) is 18.7 Å². The number of aromatic nitrogens is 3. The average Bonchev–Trinajstić information content (AvgIpc) is 3.26.